The fraction of sp³-hybridized carbons (Fsp3) is 0.433. The van der Waals surface area contributed by atoms with Crippen molar-refractivity contribution < 1.29 is 9.53 Å². The first-order chi connectivity index (χ1) is 18.4. The van der Waals surface area contributed by atoms with Crippen molar-refractivity contribution in [2.45, 2.75) is 44.8 Å². The second kappa shape index (κ2) is 11.4. The van der Waals surface area contributed by atoms with Crippen LogP contribution in [-0.2, 0) is 17.8 Å². The number of nitrogens with one attached hydrogen (secondary N) is 1. The van der Waals surface area contributed by atoms with E-state index in [2.05, 4.69) is 83.0 Å². The fourth-order valence-corrected chi connectivity index (χ4v) is 5.46. The highest BCUT2D eigenvalue weighted by Gasteiger charge is 2.28. The molecule has 1 amide bonds. The minimum absolute atomic E-state index is 0.0304. The Balaban J connectivity index is 1.44. The third-order valence-corrected chi connectivity index (χ3v) is 7.96. The largest absolute Gasteiger partial charge is 0.462 e. The smallest absolute Gasteiger partial charge is 0.318 e. The van der Waals surface area contributed by atoms with Crippen molar-refractivity contribution in [2.75, 3.05) is 50.1 Å². The molecular formula is C30H38N6O2. The number of rotatable bonds is 9. The predicted octanol–water partition coefficient (Wildman–Crippen LogP) is 3.79. The summed E-state index contributed by atoms with van der Waals surface area (Å²) in [6, 6.07) is 15.8. The molecule has 1 fully saturated rings. The molecule has 0 aliphatic carbocycles. The van der Waals surface area contributed by atoms with E-state index in [1.165, 1.54) is 29.0 Å². The highest BCUT2D eigenvalue weighted by atomic mass is 16.5. The van der Waals surface area contributed by atoms with Gasteiger partial charge in [0.05, 0.1) is 12.2 Å². The first-order valence-electron chi connectivity index (χ1n) is 13.5. The number of aromatic nitrogens is 2. The standard InChI is InChI=1S/C30H38N6O2/c1-5-28(37)31-18-21(2)35(4)29-25-15-17-36(27-14-8-11-22-10-6-7-13-24(22)27)19-26(25)32-30(33-29)38-20-23-12-9-16-34(23)3/h5-8,10-11,13-14,21,23H,1,9,12,15-20H2,2-4H3,(H,31,37)/t21-,23+/m1/s1. The van der Waals surface area contributed by atoms with Gasteiger partial charge in [-0.15, -0.1) is 0 Å². The summed E-state index contributed by atoms with van der Waals surface area (Å²) in [5, 5.41) is 5.39. The van der Waals surface area contributed by atoms with Crippen molar-refractivity contribution in [1.82, 2.24) is 20.2 Å². The Labute approximate surface area is 225 Å². The number of fused-ring (bicyclic) bond motifs is 2. The minimum atomic E-state index is -0.176. The van der Waals surface area contributed by atoms with E-state index in [9.17, 15) is 4.79 Å². The van der Waals surface area contributed by atoms with Crippen LogP contribution >= 0.6 is 0 Å². The van der Waals surface area contributed by atoms with Gasteiger partial charge in [0.2, 0.25) is 5.91 Å². The number of nitrogens with zero attached hydrogens (tertiary/aromatic N) is 5. The Morgan fingerprint density at radius 1 is 1.24 bits per heavy atom. The molecular weight excluding hydrogens is 476 g/mol. The SMILES string of the molecule is C=CC(=O)NC[C@@H](C)N(C)c1nc(OC[C@@H]2CCCN2C)nc2c1CCN(c1cccc3ccccc13)C2. The molecule has 2 aromatic carbocycles. The molecule has 5 rings (SSSR count). The van der Waals surface area contributed by atoms with E-state index < -0.39 is 0 Å². The minimum Gasteiger partial charge on any atom is -0.462 e. The number of amides is 1. The molecule has 38 heavy (non-hydrogen) atoms. The molecule has 0 bridgehead atoms. The topological polar surface area (TPSA) is 73.8 Å². The average molecular weight is 515 g/mol. The normalized spacial score (nSPS) is 18.2. The lowest BCUT2D eigenvalue weighted by Gasteiger charge is -2.35. The number of anilines is 2. The van der Waals surface area contributed by atoms with Crippen LogP contribution in [0.5, 0.6) is 6.01 Å². The number of likely N-dealkylation sites (tertiary alicyclic amines) is 1. The number of hydrogen-bond acceptors (Lipinski definition) is 7. The Morgan fingerprint density at radius 3 is 2.84 bits per heavy atom. The van der Waals surface area contributed by atoms with Gasteiger partial charge in [-0.2, -0.15) is 9.97 Å². The van der Waals surface area contributed by atoms with Gasteiger partial charge in [-0.3, -0.25) is 4.79 Å². The molecule has 2 aliphatic rings. The number of hydrogen-bond donors (Lipinski definition) is 1. The van der Waals surface area contributed by atoms with Gasteiger partial charge in [-0.05, 0) is 57.3 Å². The second-order valence-corrected chi connectivity index (χ2v) is 10.4. The molecule has 1 aromatic heterocycles. The molecule has 2 aliphatic heterocycles. The third kappa shape index (κ3) is 5.45. The summed E-state index contributed by atoms with van der Waals surface area (Å²) in [5.74, 6) is 0.702. The first-order valence-corrected chi connectivity index (χ1v) is 13.5. The first kappa shape index (κ1) is 26.0. The maximum absolute atomic E-state index is 11.8. The summed E-state index contributed by atoms with van der Waals surface area (Å²) in [5.41, 5.74) is 3.37. The molecule has 1 N–H and O–H groups in total. The van der Waals surface area contributed by atoms with E-state index in [-0.39, 0.29) is 11.9 Å². The summed E-state index contributed by atoms with van der Waals surface area (Å²) in [4.78, 5) is 28.5. The van der Waals surface area contributed by atoms with Crippen LogP contribution in [0, 0.1) is 0 Å². The van der Waals surface area contributed by atoms with Crippen molar-refractivity contribution in [2.24, 2.45) is 0 Å². The van der Waals surface area contributed by atoms with Gasteiger partial charge >= 0.3 is 6.01 Å². The lowest BCUT2D eigenvalue weighted by atomic mass is 10.0. The van der Waals surface area contributed by atoms with E-state index in [4.69, 9.17) is 14.7 Å². The predicted molar refractivity (Wildman–Crippen MR) is 153 cm³/mol. The van der Waals surface area contributed by atoms with Gasteiger partial charge in [0, 0.05) is 48.9 Å². The molecule has 3 heterocycles. The number of benzene rings is 2. The lowest BCUT2D eigenvalue weighted by Crippen LogP contribution is -2.41. The number of likely N-dealkylation sites (N-methyl/N-ethyl adjacent to an activating group) is 2. The summed E-state index contributed by atoms with van der Waals surface area (Å²) < 4.78 is 6.23. The van der Waals surface area contributed by atoms with Crippen molar-refractivity contribution in [1.29, 1.82) is 0 Å². The van der Waals surface area contributed by atoms with Crippen LogP contribution in [0.25, 0.3) is 10.8 Å². The Bertz CT molecular complexity index is 1310. The van der Waals surface area contributed by atoms with Gasteiger partial charge < -0.3 is 24.8 Å². The van der Waals surface area contributed by atoms with Gasteiger partial charge in [0.1, 0.15) is 12.4 Å². The third-order valence-electron chi connectivity index (χ3n) is 7.96. The van der Waals surface area contributed by atoms with Crippen LogP contribution in [0.2, 0.25) is 0 Å². The van der Waals surface area contributed by atoms with Crippen molar-refractivity contribution >= 4 is 28.2 Å². The van der Waals surface area contributed by atoms with E-state index in [1.54, 1.807) is 0 Å². The summed E-state index contributed by atoms with van der Waals surface area (Å²) in [7, 11) is 4.17. The van der Waals surface area contributed by atoms with Crippen molar-refractivity contribution in [3.05, 3.63) is 66.4 Å². The zero-order valence-corrected chi connectivity index (χ0v) is 22.7. The molecule has 0 spiro atoms. The van der Waals surface area contributed by atoms with Crippen LogP contribution < -0.4 is 19.9 Å². The highest BCUT2D eigenvalue weighted by molar-refractivity contribution is 5.94. The van der Waals surface area contributed by atoms with Crippen LogP contribution in [0.3, 0.4) is 0 Å². The van der Waals surface area contributed by atoms with Crippen molar-refractivity contribution in [3.63, 3.8) is 0 Å². The average Bonchev–Trinajstić information content (AvgIpc) is 3.37. The monoisotopic (exact) mass is 514 g/mol. The molecule has 2 atom stereocenters. The number of ether oxygens (including phenoxy) is 1. The Kier molecular flexibility index (Phi) is 7.79. The van der Waals surface area contributed by atoms with E-state index in [0.717, 1.165) is 43.0 Å². The maximum Gasteiger partial charge on any atom is 0.318 e. The van der Waals surface area contributed by atoms with E-state index in [1.807, 2.05) is 7.05 Å². The van der Waals surface area contributed by atoms with Crippen LogP contribution in [0.4, 0.5) is 11.5 Å². The number of carbonyl (C=O) groups is 1. The Morgan fingerprint density at radius 2 is 2.05 bits per heavy atom. The molecule has 1 saturated heterocycles. The second-order valence-electron chi connectivity index (χ2n) is 10.4. The van der Waals surface area contributed by atoms with Crippen LogP contribution in [0.15, 0.2) is 55.1 Å². The van der Waals surface area contributed by atoms with Gasteiger partial charge in [-0.1, -0.05) is 43.0 Å². The van der Waals surface area contributed by atoms with Gasteiger partial charge in [0.15, 0.2) is 0 Å². The quantitative estimate of drug-likeness (QED) is 0.436. The Hall–Kier alpha value is -3.65. The molecule has 0 unspecified atom stereocenters. The summed E-state index contributed by atoms with van der Waals surface area (Å²) >= 11 is 0. The summed E-state index contributed by atoms with van der Waals surface area (Å²) in [6.45, 7) is 9.36. The molecule has 0 radical (unpaired) electrons. The van der Waals surface area contributed by atoms with Crippen molar-refractivity contribution in [3.8, 4) is 6.01 Å². The van der Waals surface area contributed by atoms with Crippen LogP contribution in [-0.4, -0.2) is 73.2 Å². The zero-order chi connectivity index (χ0) is 26.6. The molecule has 3 aromatic rings. The lowest BCUT2D eigenvalue weighted by molar-refractivity contribution is -0.116. The van der Waals surface area contributed by atoms with Crippen LogP contribution in [0.1, 0.15) is 31.0 Å². The fourth-order valence-electron chi connectivity index (χ4n) is 5.46. The molecule has 200 valence electrons. The van der Waals surface area contributed by atoms with E-state index in [0.29, 0.717) is 31.7 Å². The highest BCUT2D eigenvalue weighted by Crippen LogP contribution is 2.34. The zero-order valence-electron chi connectivity index (χ0n) is 22.7. The van der Waals surface area contributed by atoms with E-state index >= 15 is 0 Å². The molecule has 8 heteroatoms. The van der Waals surface area contributed by atoms with Gasteiger partial charge in [0.25, 0.3) is 0 Å². The maximum atomic E-state index is 11.8. The molecule has 0 saturated carbocycles. The number of carbonyl (C=O) groups excluding carboxylic acids is 1. The summed E-state index contributed by atoms with van der Waals surface area (Å²) in [6.07, 6.45) is 4.45. The van der Waals surface area contributed by atoms with Gasteiger partial charge in [-0.25, -0.2) is 0 Å². The molecule has 8 nitrogen and oxygen atoms in total.